The quantitative estimate of drug-likeness (QED) is 0.389. The molecule has 0 bridgehead atoms. The summed E-state index contributed by atoms with van der Waals surface area (Å²) in [6.45, 7) is 3.19. The predicted molar refractivity (Wildman–Crippen MR) is 104 cm³/mol. The number of esters is 1. The molecule has 9 heteroatoms. The zero-order valence-corrected chi connectivity index (χ0v) is 16.3. The monoisotopic (exact) mass is 402 g/mol. The number of nitrogens with one attached hydrogen (secondary N) is 1. The molecule has 154 valence electrons. The summed E-state index contributed by atoms with van der Waals surface area (Å²) in [5.41, 5.74) is 0.0517. The highest BCUT2D eigenvalue weighted by Gasteiger charge is 2.26. The summed E-state index contributed by atoms with van der Waals surface area (Å²) in [5, 5.41) is 14.0. The Kier molecular flexibility index (Phi) is 7.53. The second-order valence-corrected chi connectivity index (χ2v) is 5.99. The molecule has 0 fully saturated rings. The van der Waals surface area contributed by atoms with E-state index in [9.17, 15) is 19.7 Å². The Balaban J connectivity index is 2.10. The van der Waals surface area contributed by atoms with Crippen LogP contribution in [0, 0.1) is 10.1 Å². The lowest BCUT2D eigenvalue weighted by atomic mass is 10.1. The predicted octanol–water partition coefficient (Wildman–Crippen LogP) is 3.04. The Bertz CT molecular complexity index is 884. The second-order valence-electron chi connectivity index (χ2n) is 5.99. The van der Waals surface area contributed by atoms with Gasteiger partial charge in [0.1, 0.15) is 5.56 Å². The van der Waals surface area contributed by atoms with E-state index >= 15 is 0 Å². The van der Waals surface area contributed by atoms with Crippen molar-refractivity contribution in [2.24, 2.45) is 0 Å². The Hall–Kier alpha value is -3.62. The molecule has 0 spiro atoms. The zero-order valence-electron chi connectivity index (χ0n) is 16.3. The maximum atomic E-state index is 12.4. The van der Waals surface area contributed by atoms with E-state index in [2.05, 4.69) is 5.32 Å². The fraction of sp³-hybridized carbons (Fsp3) is 0.300. The topological polar surface area (TPSA) is 117 Å². The van der Waals surface area contributed by atoms with Gasteiger partial charge in [-0.15, -0.1) is 0 Å². The lowest BCUT2D eigenvalue weighted by Gasteiger charge is -2.14. The molecule has 1 atom stereocenters. The Morgan fingerprint density at radius 1 is 1.17 bits per heavy atom. The largest absolute Gasteiger partial charge is 0.493 e. The van der Waals surface area contributed by atoms with Crippen LogP contribution < -0.4 is 14.8 Å². The molecule has 2 aromatic carbocycles. The van der Waals surface area contributed by atoms with Gasteiger partial charge in [-0.1, -0.05) is 30.3 Å². The number of carbonyl (C=O) groups is 2. The molecule has 0 saturated carbocycles. The fourth-order valence-corrected chi connectivity index (χ4v) is 2.61. The summed E-state index contributed by atoms with van der Waals surface area (Å²) < 4.78 is 15.4. The first kappa shape index (κ1) is 21.7. The second kappa shape index (κ2) is 10.1. The minimum atomic E-state index is -1.01. The van der Waals surface area contributed by atoms with Gasteiger partial charge in [0.2, 0.25) is 0 Å². The molecule has 1 N–H and O–H groups in total. The van der Waals surface area contributed by atoms with E-state index in [4.69, 9.17) is 14.2 Å². The first-order chi connectivity index (χ1) is 13.9. The molecule has 9 nitrogen and oxygen atoms in total. The van der Waals surface area contributed by atoms with Crippen molar-refractivity contribution in [2.75, 3.05) is 20.3 Å². The Morgan fingerprint density at radius 2 is 1.86 bits per heavy atom. The highest BCUT2D eigenvalue weighted by atomic mass is 16.6. The third kappa shape index (κ3) is 5.68. The number of hydrogen-bond donors (Lipinski definition) is 1. The molecule has 0 radical (unpaired) electrons. The number of rotatable bonds is 9. The third-order valence-corrected chi connectivity index (χ3v) is 4.01. The van der Waals surface area contributed by atoms with E-state index in [0.717, 1.165) is 11.6 Å². The van der Waals surface area contributed by atoms with Gasteiger partial charge in [-0.2, -0.15) is 0 Å². The van der Waals surface area contributed by atoms with Crippen LogP contribution in [0.25, 0.3) is 0 Å². The number of nitro benzene ring substituents is 1. The number of amides is 1. The van der Waals surface area contributed by atoms with Crippen LogP contribution >= 0.6 is 0 Å². The maximum absolute atomic E-state index is 12.4. The van der Waals surface area contributed by atoms with Crippen LogP contribution in [0.5, 0.6) is 11.5 Å². The molecular weight excluding hydrogens is 380 g/mol. The summed E-state index contributed by atoms with van der Waals surface area (Å²) in [5.74, 6) is -1.27. The summed E-state index contributed by atoms with van der Waals surface area (Å²) in [6, 6.07) is 11.2. The highest BCUT2D eigenvalue weighted by molar-refractivity contribution is 5.96. The molecule has 0 heterocycles. The van der Waals surface area contributed by atoms with Crippen LogP contribution in [0.2, 0.25) is 0 Å². The van der Waals surface area contributed by atoms with E-state index in [1.807, 2.05) is 30.3 Å². The lowest BCUT2D eigenvalue weighted by Crippen LogP contribution is -2.31. The Labute approximate surface area is 167 Å². The number of nitro groups is 1. The maximum Gasteiger partial charge on any atom is 0.345 e. The standard InChI is InChI=1S/C20H22N2O7/c1-4-28-18-10-15(16(22(25)26)11-17(18)27-3)20(24)29-12-19(23)21-13(2)14-8-6-5-7-9-14/h5-11,13H,4,12H2,1-3H3,(H,21,23)/t13-/m0/s1. The lowest BCUT2D eigenvalue weighted by molar-refractivity contribution is -0.385. The van der Waals surface area contributed by atoms with Gasteiger partial charge in [0.25, 0.3) is 11.6 Å². The van der Waals surface area contributed by atoms with E-state index in [1.54, 1.807) is 13.8 Å². The normalized spacial score (nSPS) is 11.3. The van der Waals surface area contributed by atoms with Crippen LogP contribution in [0.1, 0.15) is 35.8 Å². The van der Waals surface area contributed by atoms with Gasteiger partial charge in [0.05, 0.1) is 30.7 Å². The molecule has 0 aromatic heterocycles. The number of ether oxygens (including phenoxy) is 3. The van der Waals surface area contributed by atoms with Gasteiger partial charge in [-0.05, 0) is 19.4 Å². The van der Waals surface area contributed by atoms with Crippen LogP contribution in [0.4, 0.5) is 5.69 Å². The molecule has 2 rings (SSSR count). The molecule has 29 heavy (non-hydrogen) atoms. The minimum Gasteiger partial charge on any atom is -0.493 e. The van der Waals surface area contributed by atoms with E-state index in [1.165, 1.54) is 13.2 Å². The van der Waals surface area contributed by atoms with E-state index < -0.39 is 29.1 Å². The molecule has 2 aromatic rings. The zero-order chi connectivity index (χ0) is 21.4. The molecule has 0 aliphatic carbocycles. The molecule has 1 amide bonds. The summed E-state index contributed by atoms with van der Waals surface area (Å²) in [7, 11) is 1.33. The number of hydrogen-bond acceptors (Lipinski definition) is 7. The first-order valence-corrected chi connectivity index (χ1v) is 8.88. The van der Waals surface area contributed by atoms with Gasteiger partial charge >= 0.3 is 5.97 Å². The summed E-state index contributed by atoms with van der Waals surface area (Å²) >= 11 is 0. The van der Waals surface area contributed by atoms with Crippen molar-refractivity contribution in [3.63, 3.8) is 0 Å². The summed E-state index contributed by atoms with van der Waals surface area (Å²) in [4.78, 5) is 35.1. The van der Waals surface area contributed by atoms with Crippen molar-refractivity contribution in [1.82, 2.24) is 5.32 Å². The molecule has 0 aliphatic rings. The first-order valence-electron chi connectivity index (χ1n) is 8.88. The van der Waals surface area contributed by atoms with Crippen molar-refractivity contribution in [3.05, 3.63) is 63.7 Å². The van der Waals surface area contributed by atoms with Crippen molar-refractivity contribution in [3.8, 4) is 11.5 Å². The van der Waals surface area contributed by atoms with Gasteiger partial charge in [-0.3, -0.25) is 14.9 Å². The molecule has 0 aliphatic heterocycles. The van der Waals surface area contributed by atoms with Crippen LogP contribution in [0.3, 0.4) is 0 Å². The van der Waals surface area contributed by atoms with Crippen molar-refractivity contribution < 1.29 is 28.7 Å². The van der Waals surface area contributed by atoms with Crippen LogP contribution in [-0.4, -0.2) is 37.1 Å². The van der Waals surface area contributed by atoms with Crippen LogP contribution in [-0.2, 0) is 9.53 Å². The molecule has 0 saturated heterocycles. The summed E-state index contributed by atoms with van der Waals surface area (Å²) in [6.07, 6.45) is 0. The Morgan fingerprint density at radius 3 is 2.45 bits per heavy atom. The average Bonchev–Trinajstić information content (AvgIpc) is 2.72. The number of benzene rings is 2. The SMILES string of the molecule is CCOc1cc(C(=O)OCC(=O)N[C@@H](C)c2ccccc2)c([N+](=O)[O-])cc1OC. The number of carbonyl (C=O) groups excluding carboxylic acids is 2. The van der Waals surface area contributed by atoms with Gasteiger partial charge in [0.15, 0.2) is 18.1 Å². The fourth-order valence-electron chi connectivity index (χ4n) is 2.61. The smallest absolute Gasteiger partial charge is 0.345 e. The van der Waals surface area contributed by atoms with E-state index in [0.29, 0.717) is 0 Å². The van der Waals surface area contributed by atoms with Gasteiger partial charge in [-0.25, -0.2) is 4.79 Å². The third-order valence-electron chi connectivity index (χ3n) is 4.01. The van der Waals surface area contributed by atoms with E-state index in [-0.39, 0.29) is 29.7 Å². The van der Waals surface area contributed by atoms with Crippen molar-refractivity contribution in [1.29, 1.82) is 0 Å². The molecular formula is C20H22N2O7. The minimum absolute atomic E-state index is 0.115. The molecule has 0 unspecified atom stereocenters. The van der Waals surface area contributed by atoms with Gasteiger partial charge < -0.3 is 19.5 Å². The number of nitrogens with zero attached hydrogens (tertiary/aromatic N) is 1. The highest BCUT2D eigenvalue weighted by Crippen LogP contribution is 2.35. The number of methoxy groups -OCH3 is 1. The van der Waals surface area contributed by atoms with Crippen molar-refractivity contribution in [2.45, 2.75) is 19.9 Å². The average molecular weight is 402 g/mol. The van der Waals surface area contributed by atoms with Crippen molar-refractivity contribution >= 4 is 17.6 Å². The van der Waals surface area contributed by atoms with Crippen LogP contribution in [0.15, 0.2) is 42.5 Å². The van der Waals surface area contributed by atoms with Gasteiger partial charge in [0, 0.05) is 6.07 Å².